The Morgan fingerprint density at radius 3 is 2.53 bits per heavy atom. The number of rotatable bonds is 1. The lowest BCUT2D eigenvalue weighted by atomic mass is 10.0. The number of fused-ring (bicyclic) bond motifs is 1. The minimum Gasteiger partial charge on any atom is -0.497 e. The van der Waals surface area contributed by atoms with Crippen molar-refractivity contribution in [1.82, 2.24) is 4.90 Å². The van der Waals surface area contributed by atoms with E-state index in [1.807, 2.05) is 39.8 Å². The second-order valence-corrected chi connectivity index (χ2v) is 5.92. The number of benzene rings is 1. The zero-order valence-corrected chi connectivity index (χ0v) is 12.2. The molecule has 0 saturated heterocycles. The Bertz CT molecular complexity index is 503. The number of ether oxygens (including phenoxy) is 2. The molecular weight excluding hydrogens is 242 g/mol. The maximum atomic E-state index is 12.1. The fourth-order valence-electron chi connectivity index (χ4n) is 2.25. The molecule has 0 bridgehead atoms. The molecule has 2 rings (SSSR count). The van der Waals surface area contributed by atoms with E-state index in [9.17, 15) is 4.79 Å². The van der Waals surface area contributed by atoms with Gasteiger partial charge in [-0.05, 0) is 56.5 Å². The van der Waals surface area contributed by atoms with Gasteiger partial charge in [0.25, 0.3) is 0 Å². The smallest absolute Gasteiger partial charge is 0.410 e. The molecule has 1 heterocycles. The molecule has 1 aromatic carbocycles. The molecule has 1 aliphatic heterocycles. The highest BCUT2D eigenvalue weighted by atomic mass is 16.6. The first-order valence-electron chi connectivity index (χ1n) is 6.44. The molecule has 19 heavy (non-hydrogen) atoms. The highest BCUT2D eigenvalue weighted by Gasteiger charge is 2.28. The van der Waals surface area contributed by atoms with Crippen molar-refractivity contribution in [3.8, 4) is 5.75 Å². The Morgan fingerprint density at radius 2 is 1.95 bits per heavy atom. The molecule has 0 aliphatic carbocycles. The van der Waals surface area contributed by atoms with Crippen LogP contribution in [0.1, 0.15) is 37.5 Å². The number of hydrogen-bond donors (Lipinski definition) is 0. The monoisotopic (exact) mass is 263 g/mol. The topological polar surface area (TPSA) is 38.8 Å². The van der Waals surface area contributed by atoms with Crippen LogP contribution in [0, 0.1) is 6.92 Å². The third-order valence-corrected chi connectivity index (χ3v) is 3.14. The first-order chi connectivity index (χ1) is 8.80. The lowest BCUT2D eigenvalue weighted by molar-refractivity contribution is 0.0241. The van der Waals surface area contributed by atoms with Gasteiger partial charge in [-0.2, -0.15) is 0 Å². The van der Waals surface area contributed by atoms with Crippen molar-refractivity contribution >= 4 is 6.09 Å². The van der Waals surface area contributed by atoms with Gasteiger partial charge in [0.1, 0.15) is 11.4 Å². The van der Waals surface area contributed by atoms with Crippen molar-refractivity contribution in [3.05, 3.63) is 28.8 Å². The molecule has 104 valence electrons. The highest BCUT2D eigenvalue weighted by Crippen LogP contribution is 2.30. The molecule has 0 radical (unpaired) electrons. The first kappa shape index (κ1) is 13.7. The Morgan fingerprint density at radius 1 is 1.26 bits per heavy atom. The van der Waals surface area contributed by atoms with Crippen molar-refractivity contribution in [3.63, 3.8) is 0 Å². The van der Waals surface area contributed by atoms with Crippen LogP contribution in [0.2, 0.25) is 0 Å². The van der Waals surface area contributed by atoms with Gasteiger partial charge in [-0.3, -0.25) is 4.90 Å². The van der Waals surface area contributed by atoms with E-state index < -0.39 is 5.60 Å². The average Bonchev–Trinajstić information content (AvgIpc) is 2.71. The molecule has 0 aromatic heterocycles. The van der Waals surface area contributed by atoms with E-state index >= 15 is 0 Å². The van der Waals surface area contributed by atoms with Crippen LogP contribution in [-0.2, 0) is 17.8 Å². The number of methoxy groups -OCH3 is 1. The molecule has 0 fully saturated rings. The van der Waals surface area contributed by atoms with Crippen LogP contribution in [0.15, 0.2) is 12.1 Å². The van der Waals surface area contributed by atoms with Crippen molar-refractivity contribution in [2.75, 3.05) is 7.11 Å². The Hall–Kier alpha value is -1.71. The van der Waals surface area contributed by atoms with Crippen LogP contribution in [0.25, 0.3) is 0 Å². The van der Waals surface area contributed by atoms with Gasteiger partial charge in [0.2, 0.25) is 0 Å². The molecule has 0 unspecified atom stereocenters. The van der Waals surface area contributed by atoms with E-state index in [1.54, 1.807) is 12.0 Å². The average molecular weight is 263 g/mol. The normalized spacial score (nSPS) is 14.3. The largest absolute Gasteiger partial charge is 0.497 e. The molecule has 1 amide bonds. The predicted octanol–water partition coefficient (Wildman–Crippen LogP) is 3.25. The standard InChI is InChI=1S/C15H21NO3/c1-10-6-12(18-5)7-11-8-16(9-13(10)11)14(17)19-15(2,3)4/h6-7H,8-9H2,1-5H3. The third-order valence-electron chi connectivity index (χ3n) is 3.14. The summed E-state index contributed by atoms with van der Waals surface area (Å²) in [5.74, 6) is 0.835. The fraction of sp³-hybridized carbons (Fsp3) is 0.533. The number of carbonyl (C=O) groups excluding carboxylic acids is 1. The fourth-order valence-corrected chi connectivity index (χ4v) is 2.25. The summed E-state index contributed by atoms with van der Waals surface area (Å²) in [6.07, 6.45) is -0.262. The maximum Gasteiger partial charge on any atom is 0.410 e. The van der Waals surface area contributed by atoms with Crippen LogP contribution >= 0.6 is 0 Å². The lowest BCUT2D eigenvalue weighted by Gasteiger charge is -2.24. The SMILES string of the molecule is COc1cc(C)c2c(c1)CN(C(=O)OC(C)(C)C)C2. The molecule has 1 aromatic rings. The molecule has 4 nitrogen and oxygen atoms in total. The molecule has 0 spiro atoms. The van der Waals surface area contributed by atoms with Gasteiger partial charge in [0.05, 0.1) is 7.11 Å². The van der Waals surface area contributed by atoms with E-state index in [-0.39, 0.29) is 6.09 Å². The molecular formula is C15H21NO3. The van der Waals surface area contributed by atoms with E-state index in [0.29, 0.717) is 13.1 Å². The number of aryl methyl sites for hydroxylation is 1. The summed E-state index contributed by atoms with van der Waals surface area (Å²) >= 11 is 0. The number of amides is 1. The minimum atomic E-state index is -0.460. The molecule has 0 atom stereocenters. The Labute approximate surface area is 114 Å². The summed E-state index contributed by atoms with van der Waals surface area (Å²) in [5, 5.41) is 0. The number of carbonyl (C=O) groups is 1. The summed E-state index contributed by atoms with van der Waals surface area (Å²) < 4.78 is 10.7. The van der Waals surface area contributed by atoms with Crippen molar-refractivity contribution < 1.29 is 14.3 Å². The third kappa shape index (κ3) is 3.00. The summed E-state index contributed by atoms with van der Waals surface area (Å²) in [6, 6.07) is 3.99. The van der Waals surface area contributed by atoms with E-state index in [2.05, 4.69) is 0 Å². The van der Waals surface area contributed by atoms with Crippen molar-refractivity contribution in [1.29, 1.82) is 0 Å². The van der Waals surface area contributed by atoms with Gasteiger partial charge >= 0.3 is 6.09 Å². The van der Waals surface area contributed by atoms with Gasteiger partial charge in [-0.15, -0.1) is 0 Å². The zero-order chi connectivity index (χ0) is 14.2. The van der Waals surface area contributed by atoms with Crippen LogP contribution in [0.3, 0.4) is 0 Å². The number of hydrogen-bond acceptors (Lipinski definition) is 3. The van der Waals surface area contributed by atoms with Gasteiger partial charge in [0, 0.05) is 13.1 Å². The number of nitrogens with zero attached hydrogens (tertiary/aromatic N) is 1. The van der Waals surface area contributed by atoms with E-state index in [1.165, 1.54) is 5.56 Å². The van der Waals surface area contributed by atoms with Crippen LogP contribution in [0.5, 0.6) is 5.75 Å². The molecule has 0 saturated carbocycles. The first-order valence-corrected chi connectivity index (χ1v) is 6.44. The second kappa shape index (κ2) is 4.76. The molecule has 0 N–H and O–H groups in total. The summed E-state index contributed by atoms with van der Waals surface area (Å²) in [6.45, 7) is 8.87. The van der Waals surface area contributed by atoms with Crippen molar-refractivity contribution in [2.24, 2.45) is 0 Å². The summed E-state index contributed by atoms with van der Waals surface area (Å²) in [7, 11) is 1.65. The van der Waals surface area contributed by atoms with Crippen LogP contribution in [-0.4, -0.2) is 23.7 Å². The van der Waals surface area contributed by atoms with Crippen molar-refractivity contribution in [2.45, 2.75) is 46.4 Å². The van der Waals surface area contributed by atoms with Gasteiger partial charge < -0.3 is 9.47 Å². The van der Waals surface area contributed by atoms with Gasteiger partial charge in [-0.1, -0.05) is 0 Å². The van der Waals surface area contributed by atoms with Gasteiger partial charge in [-0.25, -0.2) is 4.79 Å². The minimum absolute atomic E-state index is 0.262. The van der Waals surface area contributed by atoms with E-state index in [0.717, 1.165) is 16.9 Å². The lowest BCUT2D eigenvalue weighted by Crippen LogP contribution is -2.33. The Balaban J connectivity index is 2.16. The van der Waals surface area contributed by atoms with E-state index in [4.69, 9.17) is 9.47 Å². The summed E-state index contributed by atoms with van der Waals surface area (Å²) in [5.41, 5.74) is 3.04. The van der Waals surface area contributed by atoms with Crippen LogP contribution in [0.4, 0.5) is 4.79 Å². The molecule has 1 aliphatic rings. The Kier molecular flexibility index (Phi) is 3.43. The van der Waals surface area contributed by atoms with Crippen LogP contribution < -0.4 is 4.74 Å². The maximum absolute atomic E-state index is 12.1. The second-order valence-electron chi connectivity index (χ2n) is 5.92. The van der Waals surface area contributed by atoms with Gasteiger partial charge in [0.15, 0.2) is 0 Å². The predicted molar refractivity (Wildman–Crippen MR) is 73.2 cm³/mol. The zero-order valence-electron chi connectivity index (χ0n) is 12.2. The molecule has 4 heteroatoms. The quantitative estimate of drug-likeness (QED) is 0.780. The summed E-state index contributed by atoms with van der Waals surface area (Å²) in [4.78, 5) is 13.8. The highest BCUT2D eigenvalue weighted by molar-refractivity contribution is 5.69.